The number of carbonyl (C=O) groups is 2. The fourth-order valence-corrected chi connectivity index (χ4v) is 2.51. The summed E-state index contributed by atoms with van der Waals surface area (Å²) < 4.78 is 10.4. The Balaban J connectivity index is 2.16. The summed E-state index contributed by atoms with van der Waals surface area (Å²) in [6, 6.07) is 0. The van der Waals surface area contributed by atoms with Crippen LogP contribution >= 0.6 is 11.6 Å². The van der Waals surface area contributed by atoms with Gasteiger partial charge in [0.2, 0.25) is 0 Å². The lowest BCUT2D eigenvalue weighted by molar-refractivity contribution is -0.239. The zero-order valence-electron chi connectivity index (χ0n) is 10.1. The third kappa shape index (κ3) is 2.15. The van der Waals surface area contributed by atoms with E-state index in [4.69, 9.17) is 21.1 Å². The summed E-state index contributed by atoms with van der Waals surface area (Å²) in [5, 5.41) is -1.57. The summed E-state index contributed by atoms with van der Waals surface area (Å²) in [5.41, 5.74) is -1.16. The van der Waals surface area contributed by atoms with E-state index >= 15 is 0 Å². The number of halogens is 1. The second-order valence-electron chi connectivity index (χ2n) is 4.88. The van der Waals surface area contributed by atoms with Gasteiger partial charge in [-0.25, -0.2) is 0 Å². The average molecular weight is 261 g/mol. The van der Waals surface area contributed by atoms with Gasteiger partial charge < -0.3 is 9.47 Å². The van der Waals surface area contributed by atoms with Crippen LogP contribution in [0.5, 0.6) is 0 Å². The molecular formula is C12H17ClO4. The van der Waals surface area contributed by atoms with Gasteiger partial charge in [-0.05, 0) is 43.2 Å². The number of hydrogen-bond donors (Lipinski definition) is 0. The topological polar surface area (TPSA) is 52.6 Å². The molecule has 0 amide bonds. The molecule has 2 rings (SSSR count). The maximum absolute atomic E-state index is 12.0. The number of hydrogen-bond acceptors (Lipinski definition) is 4. The smallest absolute Gasteiger partial charge is 0.337 e. The van der Waals surface area contributed by atoms with Crippen LogP contribution in [0.2, 0.25) is 0 Å². The highest BCUT2D eigenvalue weighted by Gasteiger charge is 2.57. The summed E-state index contributed by atoms with van der Waals surface area (Å²) in [6.45, 7) is 3.54. The molecule has 5 heteroatoms. The van der Waals surface area contributed by atoms with Crippen LogP contribution in [0.3, 0.4) is 0 Å². The molecule has 1 aliphatic carbocycles. The summed E-state index contributed by atoms with van der Waals surface area (Å²) >= 11 is 6.05. The molecule has 0 unspecified atom stereocenters. The Bertz CT molecular complexity index is 324. The van der Waals surface area contributed by atoms with E-state index in [0.29, 0.717) is 25.2 Å². The Morgan fingerprint density at radius 2 is 1.65 bits per heavy atom. The molecule has 0 radical (unpaired) electrons. The Morgan fingerprint density at radius 3 is 2.00 bits per heavy atom. The van der Waals surface area contributed by atoms with Gasteiger partial charge in [0.05, 0.1) is 0 Å². The van der Waals surface area contributed by atoms with Crippen LogP contribution in [-0.4, -0.2) is 17.2 Å². The molecule has 1 saturated heterocycles. The van der Waals surface area contributed by atoms with Gasteiger partial charge in [-0.3, -0.25) is 9.59 Å². The first-order valence-corrected chi connectivity index (χ1v) is 6.49. The minimum Gasteiger partial charge on any atom is -0.407 e. The van der Waals surface area contributed by atoms with Crippen LogP contribution in [-0.2, 0) is 19.1 Å². The molecule has 2 fully saturated rings. The van der Waals surface area contributed by atoms with Crippen molar-refractivity contribution in [3.63, 3.8) is 0 Å². The number of esters is 2. The van der Waals surface area contributed by atoms with Crippen molar-refractivity contribution in [1.82, 2.24) is 0 Å². The summed E-state index contributed by atoms with van der Waals surface area (Å²) in [4.78, 5) is 24.0. The molecule has 17 heavy (non-hydrogen) atoms. The van der Waals surface area contributed by atoms with Crippen molar-refractivity contribution in [1.29, 1.82) is 0 Å². The maximum Gasteiger partial charge on any atom is 0.337 e. The Kier molecular flexibility index (Phi) is 3.10. The van der Waals surface area contributed by atoms with Crippen molar-refractivity contribution >= 4 is 23.5 Å². The Morgan fingerprint density at radius 1 is 1.18 bits per heavy atom. The van der Waals surface area contributed by atoms with Gasteiger partial charge in [0.25, 0.3) is 0 Å². The summed E-state index contributed by atoms with van der Waals surface area (Å²) in [5.74, 6) is -0.687. The molecule has 0 atom stereocenters. The predicted octanol–water partition coefficient (Wildman–Crippen LogP) is 2.59. The SMILES string of the molecule is CCC1(CC)C(=O)OC(Cl)(CC2CC2)OC1=O. The van der Waals surface area contributed by atoms with Gasteiger partial charge in [-0.2, -0.15) is 0 Å². The molecule has 0 N–H and O–H groups in total. The van der Waals surface area contributed by atoms with Crippen molar-refractivity contribution in [2.45, 2.75) is 51.2 Å². The first-order chi connectivity index (χ1) is 7.96. The van der Waals surface area contributed by atoms with Crippen LogP contribution in [0.25, 0.3) is 0 Å². The van der Waals surface area contributed by atoms with E-state index in [0.717, 1.165) is 12.8 Å². The van der Waals surface area contributed by atoms with Crippen LogP contribution in [0.4, 0.5) is 0 Å². The molecular weight excluding hydrogens is 244 g/mol. The average Bonchev–Trinajstić information content (AvgIpc) is 3.02. The Labute approximate surface area is 106 Å². The van der Waals surface area contributed by atoms with Crippen molar-refractivity contribution in [2.24, 2.45) is 11.3 Å². The highest BCUT2D eigenvalue weighted by atomic mass is 35.5. The summed E-state index contributed by atoms with van der Waals surface area (Å²) in [7, 11) is 0. The molecule has 0 aromatic carbocycles. The molecule has 96 valence electrons. The zero-order valence-corrected chi connectivity index (χ0v) is 10.9. The lowest BCUT2D eigenvalue weighted by atomic mass is 9.82. The molecule has 4 nitrogen and oxygen atoms in total. The highest BCUT2D eigenvalue weighted by molar-refractivity contribution is 6.24. The lowest BCUT2D eigenvalue weighted by Crippen LogP contribution is -2.53. The van der Waals surface area contributed by atoms with Gasteiger partial charge in [0.15, 0.2) is 5.41 Å². The molecule has 0 aromatic rings. The standard InChI is InChI=1S/C12H17ClO4/c1-3-11(4-2)9(14)16-12(13,17-10(11)15)7-8-5-6-8/h8H,3-7H2,1-2H3. The van der Waals surface area contributed by atoms with E-state index in [-0.39, 0.29) is 0 Å². The molecule has 1 aliphatic heterocycles. The molecule has 1 heterocycles. The predicted molar refractivity (Wildman–Crippen MR) is 61.1 cm³/mol. The van der Waals surface area contributed by atoms with Crippen LogP contribution in [0, 0.1) is 11.3 Å². The minimum absolute atomic E-state index is 0.373. The third-order valence-electron chi connectivity index (χ3n) is 3.71. The number of cyclic esters (lactones) is 2. The number of ether oxygens (including phenoxy) is 2. The van der Waals surface area contributed by atoms with E-state index in [1.165, 1.54) is 0 Å². The van der Waals surface area contributed by atoms with Gasteiger partial charge >= 0.3 is 17.2 Å². The number of carbonyl (C=O) groups excluding carboxylic acids is 2. The molecule has 0 bridgehead atoms. The van der Waals surface area contributed by atoms with E-state index in [1.54, 1.807) is 13.8 Å². The first-order valence-electron chi connectivity index (χ1n) is 6.11. The fourth-order valence-electron chi connectivity index (χ4n) is 2.15. The molecule has 1 saturated carbocycles. The Hall–Kier alpha value is -0.770. The van der Waals surface area contributed by atoms with Crippen molar-refractivity contribution in [3.8, 4) is 0 Å². The van der Waals surface area contributed by atoms with Crippen molar-refractivity contribution in [2.75, 3.05) is 0 Å². The zero-order chi connectivity index (χ0) is 12.7. The first kappa shape index (κ1) is 12.7. The van der Waals surface area contributed by atoms with E-state index in [9.17, 15) is 9.59 Å². The second-order valence-corrected chi connectivity index (χ2v) is 5.45. The van der Waals surface area contributed by atoms with Crippen LogP contribution in [0.1, 0.15) is 46.0 Å². The quantitative estimate of drug-likeness (QED) is 0.443. The van der Waals surface area contributed by atoms with Gasteiger partial charge in [-0.15, -0.1) is 0 Å². The number of alkyl halides is 1. The maximum atomic E-state index is 12.0. The minimum atomic E-state index is -1.57. The lowest BCUT2D eigenvalue weighted by Gasteiger charge is -2.39. The van der Waals surface area contributed by atoms with Crippen molar-refractivity contribution < 1.29 is 19.1 Å². The third-order valence-corrected chi connectivity index (χ3v) is 4.02. The number of rotatable bonds is 4. The second kappa shape index (κ2) is 4.16. The van der Waals surface area contributed by atoms with Crippen LogP contribution in [0.15, 0.2) is 0 Å². The van der Waals surface area contributed by atoms with Crippen molar-refractivity contribution in [3.05, 3.63) is 0 Å². The molecule has 0 aromatic heterocycles. The van der Waals surface area contributed by atoms with Gasteiger partial charge in [0, 0.05) is 6.42 Å². The largest absolute Gasteiger partial charge is 0.407 e. The molecule has 0 spiro atoms. The fraction of sp³-hybridized carbons (Fsp3) is 0.833. The highest BCUT2D eigenvalue weighted by Crippen LogP contribution is 2.46. The molecule has 2 aliphatic rings. The van der Waals surface area contributed by atoms with Gasteiger partial charge in [0.1, 0.15) is 0 Å². The van der Waals surface area contributed by atoms with Crippen LogP contribution < -0.4 is 0 Å². The van der Waals surface area contributed by atoms with E-state index < -0.39 is 22.6 Å². The van der Waals surface area contributed by atoms with E-state index in [1.807, 2.05) is 0 Å². The van der Waals surface area contributed by atoms with E-state index in [2.05, 4.69) is 0 Å². The normalized spacial score (nSPS) is 26.3. The van der Waals surface area contributed by atoms with Gasteiger partial charge in [-0.1, -0.05) is 13.8 Å². The summed E-state index contributed by atoms with van der Waals surface area (Å²) in [6.07, 6.45) is 3.25. The monoisotopic (exact) mass is 260 g/mol.